The number of esters is 1. The van der Waals surface area contributed by atoms with Crippen molar-refractivity contribution >= 4 is 17.7 Å². The Hall–Kier alpha value is -3.02. The molecule has 0 heterocycles. The number of amides is 1. The van der Waals surface area contributed by atoms with E-state index in [2.05, 4.69) is 5.32 Å². The third-order valence-corrected chi connectivity index (χ3v) is 3.51. The highest BCUT2D eigenvalue weighted by Crippen LogP contribution is 2.11. The molecule has 0 fully saturated rings. The van der Waals surface area contributed by atoms with Crippen molar-refractivity contribution in [1.82, 2.24) is 5.32 Å². The largest absolute Gasteiger partial charge is 0.451 e. The van der Waals surface area contributed by atoms with Crippen LogP contribution in [0.2, 0.25) is 0 Å². The second-order valence-electron chi connectivity index (χ2n) is 5.53. The molecule has 130 valence electrons. The Kier molecular flexibility index (Phi) is 6.00. The first-order valence-corrected chi connectivity index (χ1v) is 7.71. The van der Waals surface area contributed by atoms with Gasteiger partial charge in [0.25, 0.3) is 0 Å². The molecule has 0 aliphatic rings. The van der Waals surface area contributed by atoms with E-state index < -0.39 is 23.7 Å². The molecule has 2 rings (SSSR count). The highest BCUT2D eigenvalue weighted by molar-refractivity contribution is 6.01. The van der Waals surface area contributed by atoms with Gasteiger partial charge in [-0.05, 0) is 48.9 Å². The Morgan fingerprint density at radius 3 is 2.12 bits per heavy atom. The Balaban J connectivity index is 1.97. The van der Waals surface area contributed by atoms with Gasteiger partial charge in [0.15, 0.2) is 6.10 Å². The summed E-state index contributed by atoms with van der Waals surface area (Å²) < 4.78 is 18.1. The Morgan fingerprint density at radius 1 is 1.00 bits per heavy atom. The van der Waals surface area contributed by atoms with E-state index in [0.717, 1.165) is 5.56 Å². The smallest absolute Gasteiger partial charge is 0.338 e. The van der Waals surface area contributed by atoms with Gasteiger partial charge in [0.1, 0.15) is 5.82 Å². The van der Waals surface area contributed by atoms with Crippen LogP contribution in [0, 0.1) is 5.82 Å². The van der Waals surface area contributed by atoms with Crippen LogP contribution in [0.25, 0.3) is 0 Å². The zero-order valence-electron chi connectivity index (χ0n) is 13.9. The molecule has 1 N–H and O–H groups in total. The van der Waals surface area contributed by atoms with Crippen molar-refractivity contribution in [3.8, 4) is 0 Å². The maximum absolute atomic E-state index is 12.9. The van der Waals surface area contributed by atoms with E-state index in [0.29, 0.717) is 12.1 Å². The Morgan fingerprint density at radius 2 is 1.56 bits per heavy atom. The van der Waals surface area contributed by atoms with E-state index in [1.165, 1.54) is 38.1 Å². The van der Waals surface area contributed by atoms with Crippen LogP contribution in [0.5, 0.6) is 0 Å². The van der Waals surface area contributed by atoms with Crippen molar-refractivity contribution in [2.24, 2.45) is 0 Å². The fraction of sp³-hybridized carbons (Fsp3) is 0.211. The first kappa shape index (κ1) is 18.3. The summed E-state index contributed by atoms with van der Waals surface area (Å²) in [6, 6.07) is 11.6. The zero-order chi connectivity index (χ0) is 18.4. The molecule has 0 unspecified atom stereocenters. The van der Waals surface area contributed by atoms with Crippen molar-refractivity contribution in [2.75, 3.05) is 0 Å². The molecule has 6 heteroatoms. The molecule has 0 radical (unpaired) electrons. The second-order valence-corrected chi connectivity index (χ2v) is 5.53. The van der Waals surface area contributed by atoms with Gasteiger partial charge in [-0.3, -0.25) is 9.59 Å². The van der Waals surface area contributed by atoms with Crippen LogP contribution >= 0.6 is 0 Å². The van der Waals surface area contributed by atoms with Crippen LogP contribution in [-0.4, -0.2) is 23.8 Å². The summed E-state index contributed by atoms with van der Waals surface area (Å²) in [6.45, 7) is 3.25. The SMILES string of the molecule is CC(=O)NCc1ccc(C(=O)O[C@@H](C)C(=O)c2ccc(F)cc2)cc1. The van der Waals surface area contributed by atoms with Crippen LogP contribution < -0.4 is 5.32 Å². The number of benzene rings is 2. The van der Waals surface area contributed by atoms with E-state index in [1.54, 1.807) is 24.3 Å². The number of ether oxygens (including phenoxy) is 1. The van der Waals surface area contributed by atoms with Gasteiger partial charge in [-0.1, -0.05) is 12.1 Å². The summed E-state index contributed by atoms with van der Waals surface area (Å²) in [7, 11) is 0. The second kappa shape index (κ2) is 8.19. The molecule has 5 nitrogen and oxygen atoms in total. The van der Waals surface area contributed by atoms with Crippen LogP contribution in [-0.2, 0) is 16.1 Å². The maximum atomic E-state index is 12.9. The number of hydrogen-bond donors (Lipinski definition) is 1. The average Bonchev–Trinajstić information content (AvgIpc) is 2.60. The Labute approximate surface area is 144 Å². The van der Waals surface area contributed by atoms with Crippen molar-refractivity contribution in [1.29, 1.82) is 0 Å². The highest BCUT2D eigenvalue weighted by atomic mass is 19.1. The fourth-order valence-electron chi connectivity index (χ4n) is 2.12. The number of ketones is 1. The predicted molar refractivity (Wildman–Crippen MR) is 89.6 cm³/mol. The number of hydrogen-bond acceptors (Lipinski definition) is 4. The quantitative estimate of drug-likeness (QED) is 0.647. The number of carbonyl (C=O) groups is 3. The lowest BCUT2D eigenvalue weighted by Crippen LogP contribution is -2.24. The van der Waals surface area contributed by atoms with E-state index in [9.17, 15) is 18.8 Å². The minimum Gasteiger partial charge on any atom is -0.451 e. The number of rotatable bonds is 6. The predicted octanol–water partition coefficient (Wildman–Crippen LogP) is 2.89. The zero-order valence-corrected chi connectivity index (χ0v) is 13.9. The topological polar surface area (TPSA) is 72.5 Å². The number of nitrogens with one attached hydrogen (secondary N) is 1. The first-order chi connectivity index (χ1) is 11.9. The lowest BCUT2D eigenvalue weighted by molar-refractivity contribution is -0.119. The van der Waals surface area contributed by atoms with Crippen LogP contribution in [0.1, 0.15) is 40.1 Å². The molecule has 25 heavy (non-hydrogen) atoms. The minimum absolute atomic E-state index is 0.142. The third kappa shape index (κ3) is 5.24. The van der Waals surface area contributed by atoms with Gasteiger partial charge in [-0.15, -0.1) is 0 Å². The molecule has 0 aliphatic heterocycles. The van der Waals surface area contributed by atoms with Gasteiger partial charge in [-0.25, -0.2) is 9.18 Å². The summed E-state index contributed by atoms with van der Waals surface area (Å²) in [5.41, 5.74) is 1.40. The number of halogens is 1. The molecule has 0 aromatic heterocycles. The van der Waals surface area contributed by atoms with Crippen molar-refractivity contribution in [3.63, 3.8) is 0 Å². The monoisotopic (exact) mass is 343 g/mol. The van der Waals surface area contributed by atoms with E-state index in [1.807, 2.05) is 0 Å². The molecule has 2 aromatic rings. The summed E-state index contributed by atoms with van der Waals surface area (Å²) in [5.74, 6) is -1.62. The standard InChI is InChI=1S/C19H18FNO4/c1-12(18(23)15-7-9-17(20)10-8-15)25-19(24)16-5-3-14(4-6-16)11-21-13(2)22/h3-10,12H,11H2,1-2H3,(H,21,22)/t12-/m0/s1. The van der Waals surface area contributed by atoms with Crippen LogP contribution in [0.4, 0.5) is 4.39 Å². The molecule has 0 saturated carbocycles. The van der Waals surface area contributed by atoms with Crippen LogP contribution in [0.15, 0.2) is 48.5 Å². The van der Waals surface area contributed by atoms with Gasteiger partial charge in [0.05, 0.1) is 5.56 Å². The molecular formula is C19H18FNO4. The summed E-state index contributed by atoms with van der Waals surface area (Å²) >= 11 is 0. The molecule has 0 aliphatic carbocycles. The van der Waals surface area contributed by atoms with Gasteiger partial charge >= 0.3 is 5.97 Å². The highest BCUT2D eigenvalue weighted by Gasteiger charge is 2.20. The molecule has 0 saturated heterocycles. The molecule has 1 atom stereocenters. The molecule has 0 bridgehead atoms. The summed E-state index contributed by atoms with van der Waals surface area (Å²) in [6.07, 6.45) is -0.989. The van der Waals surface area contributed by atoms with Crippen molar-refractivity contribution < 1.29 is 23.5 Å². The maximum Gasteiger partial charge on any atom is 0.338 e. The normalized spacial score (nSPS) is 11.5. The molecule has 0 spiro atoms. The van der Waals surface area contributed by atoms with E-state index in [4.69, 9.17) is 4.74 Å². The minimum atomic E-state index is -0.989. The Bertz CT molecular complexity index is 769. The van der Waals surface area contributed by atoms with Crippen molar-refractivity contribution in [2.45, 2.75) is 26.5 Å². The lowest BCUT2D eigenvalue weighted by atomic mass is 10.1. The van der Waals surface area contributed by atoms with E-state index in [-0.39, 0.29) is 11.5 Å². The summed E-state index contributed by atoms with van der Waals surface area (Å²) in [4.78, 5) is 35.2. The fourth-order valence-corrected chi connectivity index (χ4v) is 2.12. The van der Waals surface area contributed by atoms with E-state index >= 15 is 0 Å². The summed E-state index contributed by atoms with van der Waals surface area (Å²) in [5, 5.41) is 2.65. The number of carbonyl (C=O) groups excluding carboxylic acids is 3. The van der Waals surface area contributed by atoms with Crippen LogP contribution in [0.3, 0.4) is 0 Å². The van der Waals surface area contributed by atoms with Gasteiger partial charge < -0.3 is 10.1 Å². The molecular weight excluding hydrogens is 325 g/mol. The number of Topliss-reactive ketones (excluding diaryl/α,β-unsaturated/α-hetero) is 1. The van der Waals surface area contributed by atoms with Crippen molar-refractivity contribution in [3.05, 3.63) is 71.0 Å². The molecule has 1 amide bonds. The van der Waals surface area contributed by atoms with Gasteiger partial charge in [-0.2, -0.15) is 0 Å². The first-order valence-electron chi connectivity index (χ1n) is 7.71. The van der Waals surface area contributed by atoms with Gasteiger partial charge in [0.2, 0.25) is 11.7 Å². The molecule has 2 aromatic carbocycles. The average molecular weight is 343 g/mol. The van der Waals surface area contributed by atoms with Gasteiger partial charge in [0, 0.05) is 19.0 Å². The lowest BCUT2D eigenvalue weighted by Gasteiger charge is -2.12. The third-order valence-electron chi connectivity index (χ3n) is 3.51.